The fourth-order valence-corrected chi connectivity index (χ4v) is 2.47. The summed E-state index contributed by atoms with van der Waals surface area (Å²) in [6.45, 7) is 6.00. The zero-order valence-electron chi connectivity index (χ0n) is 13.8. The number of hydrogen-bond donors (Lipinski definition) is 1. The smallest absolute Gasteiger partial charge is 0.257 e. The second-order valence-electron chi connectivity index (χ2n) is 5.77. The second-order valence-corrected chi connectivity index (χ2v) is 5.77. The van der Waals surface area contributed by atoms with E-state index in [2.05, 4.69) is 10.3 Å². The highest BCUT2D eigenvalue weighted by atomic mass is 16.1. The van der Waals surface area contributed by atoms with E-state index in [0.717, 1.165) is 28.5 Å². The van der Waals surface area contributed by atoms with Gasteiger partial charge in [0.05, 0.1) is 17.6 Å². The van der Waals surface area contributed by atoms with Gasteiger partial charge in [-0.05, 0) is 51.1 Å². The van der Waals surface area contributed by atoms with Crippen molar-refractivity contribution in [3.8, 4) is 5.69 Å². The highest BCUT2D eigenvalue weighted by Crippen LogP contribution is 2.17. The van der Waals surface area contributed by atoms with Crippen LogP contribution in [0.3, 0.4) is 0 Å². The molecule has 2 heterocycles. The third-order valence-electron chi connectivity index (χ3n) is 4.17. The Balaban J connectivity index is 1.77. The molecule has 3 rings (SSSR count). The van der Waals surface area contributed by atoms with E-state index in [4.69, 9.17) is 0 Å². The van der Waals surface area contributed by atoms with E-state index < -0.39 is 0 Å². The lowest BCUT2D eigenvalue weighted by Crippen LogP contribution is -2.11. The summed E-state index contributed by atoms with van der Waals surface area (Å²) in [6.07, 6.45) is 3.64. The number of anilines is 1. The number of imidazole rings is 1. The maximum atomic E-state index is 12.3. The monoisotopic (exact) mass is 308 g/mol. The van der Waals surface area contributed by atoms with E-state index in [-0.39, 0.29) is 5.91 Å². The molecule has 0 aliphatic carbocycles. The van der Waals surface area contributed by atoms with Crippen molar-refractivity contribution in [1.82, 2.24) is 14.1 Å². The van der Waals surface area contributed by atoms with Gasteiger partial charge in [0.25, 0.3) is 5.91 Å². The van der Waals surface area contributed by atoms with Gasteiger partial charge in [-0.25, -0.2) is 4.98 Å². The van der Waals surface area contributed by atoms with Crippen molar-refractivity contribution >= 4 is 11.6 Å². The molecule has 1 N–H and O–H groups in total. The molecule has 0 saturated heterocycles. The number of amides is 1. The van der Waals surface area contributed by atoms with Gasteiger partial charge >= 0.3 is 0 Å². The predicted molar refractivity (Wildman–Crippen MR) is 91.1 cm³/mol. The third-order valence-corrected chi connectivity index (χ3v) is 4.17. The minimum atomic E-state index is -0.101. The van der Waals surface area contributed by atoms with Crippen molar-refractivity contribution in [3.63, 3.8) is 0 Å². The first-order chi connectivity index (χ1) is 11.0. The van der Waals surface area contributed by atoms with Gasteiger partial charge in [0.1, 0.15) is 0 Å². The van der Waals surface area contributed by atoms with E-state index in [1.165, 1.54) is 0 Å². The number of carbonyl (C=O) groups is 1. The van der Waals surface area contributed by atoms with Crippen LogP contribution in [-0.2, 0) is 7.05 Å². The summed E-state index contributed by atoms with van der Waals surface area (Å²) in [5.41, 5.74) is 5.64. The number of nitrogens with one attached hydrogen (secondary N) is 1. The van der Waals surface area contributed by atoms with Crippen molar-refractivity contribution in [1.29, 1.82) is 0 Å². The first-order valence-corrected chi connectivity index (χ1v) is 7.51. The van der Waals surface area contributed by atoms with Crippen LogP contribution in [0.2, 0.25) is 0 Å². The van der Waals surface area contributed by atoms with Crippen molar-refractivity contribution in [2.75, 3.05) is 5.32 Å². The van der Waals surface area contributed by atoms with Crippen LogP contribution in [0.5, 0.6) is 0 Å². The van der Waals surface area contributed by atoms with Gasteiger partial charge in [-0.2, -0.15) is 0 Å². The third kappa shape index (κ3) is 2.90. The summed E-state index contributed by atoms with van der Waals surface area (Å²) in [5.74, 6) is -0.101. The summed E-state index contributed by atoms with van der Waals surface area (Å²) >= 11 is 0. The fraction of sp³-hybridized carbons (Fsp3) is 0.222. The summed E-state index contributed by atoms with van der Waals surface area (Å²) in [5, 5.41) is 2.92. The largest absolute Gasteiger partial charge is 0.354 e. The number of aromatic nitrogens is 3. The number of aryl methyl sites for hydroxylation is 3. The summed E-state index contributed by atoms with van der Waals surface area (Å²) in [6, 6.07) is 9.62. The Hall–Kier alpha value is -2.82. The number of nitrogens with zero attached hydrogens (tertiary/aromatic N) is 3. The standard InChI is InChI=1S/C18H20N4O/c1-12-9-15(10-21(12)4)18(23)20-16-5-7-17(8-6-16)22-11-19-13(2)14(22)3/h5-11H,1-4H3,(H,20,23). The molecule has 0 radical (unpaired) electrons. The van der Waals surface area contributed by atoms with Gasteiger partial charge in [-0.1, -0.05) is 0 Å². The molecule has 5 heteroatoms. The maximum Gasteiger partial charge on any atom is 0.257 e. The van der Waals surface area contributed by atoms with E-state index in [1.54, 1.807) is 0 Å². The lowest BCUT2D eigenvalue weighted by atomic mass is 10.2. The molecule has 1 aromatic carbocycles. The van der Waals surface area contributed by atoms with Crippen LogP contribution in [0.15, 0.2) is 42.9 Å². The second kappa shape index (κ2) is 5.76. The molecule has 0 fully saturated rings. The summed E-state index contributed by atoms with van der Waals surface area (Å²) in [7, 11) is 1.93. The normalized spacial score (nSPS) is 10.8. The molecule has 3 aromatic rings. The molecule has 0 unspecified atom stereocenters. The predicted octanol–water partition coefficient (Wildman–Crippen LogP) is 3.39. The molecule has 0 atom stereocenters. The van der Waals surface area contributed by atoms with Gasteiger partial charge in [0.15, 0.2) is 0 Å². The van der Waals surface area contributed by atoms with Gasteiger partial charge in [-0.3, -0.25) is 4.79 Å². The van der Waals surface area contributed by atoms with Crippen LogP contribution >= 0.6 is 0 Å². The Kier molecular flexibility index (Phi) is 3.78. The number of hydrogen-bond acceptors (Lipinski definition) is 2. The molecule has 1 amide bonds. The molecular formula is C18H20N4O. The topological polar surface area (TPSA) is 51.9 Å². The highest BCUT2D eigenvalue weighted by molar-refractivity contribution is 6.04. The van der Waals surface area contributed by atoms with E-state index in [0.29, 0.717) is 5.56 Å². The van der Waals surface area contributed by atoms with Crippen LogP contribution < -0.4 is 5.32 Å². The average molecular weight is 308 g/mol. The highest BCUT2D eigenvalue weighted by Gasteiger charge is 2.10. The minimum absolute atomic E-state index is 0.101. The van der Waals surface area contributed by atoms with Crippen LogP contribution in [0, 0.1) is 20.8 Å². The van der Waals surface area contributed by atoms with Crippen molar-refractivity contribution in [2.45, 2.75) is 20.8 Å². The van der Waals surface area contributed by atoms with E-state index >= 15 is 0 Å². The van der Waals surface area contributed by atoms with Crippen LogP contribution in [-0.4, -0.2) is 20.0 Å². The molecule has 2 aromatic heterocycles. The Morgan fingerprint density at radius 1 is 1.13 bits per heavy atom. The Bertz CT molecular complexity index is 836. The molecule has 0 aliphatic rings. The van der Waals surface area contributed by atoms with Crippen LogP contribution in [0.4, 0.5) is 5.69 Å². The van der Waals surface area contributed by atoms with E-state index in [1.807, 2.05) is 79.8 Å². The number of carbonyl (C=O) groups excluding carboxylic acids is 1. The Morgan fingerprint density at radius 2 is 1.83 bits per heavy atom. The first-order valence-electron chi connectivity index (χ1n) is 7.51. The van der Waals surface area contributed by atoms with Crippen molar-refractivity contribution in [3.05, 3.63) is 65.5 Å². The quantitative estimate of drug-likeness (QED) is 0.806. The molecule has 5 nitrogen and oxygen atoms in total. The fourth-order valence-electron chi connectivity index (χ4n) is 2.47. The zero-order chi connectivity index (χ0) is 16.6. The van der Waals surface area contributed by atoms with Crippen molar-refractivity contribution in [2.24, 2.45) is 7.05 Å². The summed E-state index contributed by atoms with van der Waals surface area (Å²) in [4.78, 5) is 16.6. The molecular weight excluding hydrogens is 288 g/mol. The molecule has 23 heavy (non-hydrogen) atoms. The maximum absolute atomic E-state index is 12.3. The van der Waals surface area contributed by atoms with Gasteiger partial charge in [0.2, 0.25) is 0 Å². The Labute approximate surface area is 135 Å². The molecule has 0 bridgehead atoms. The SMILES string of the molecule is Cc1ncn(-c2ccc(NC(=O)c3cc(C)n(C)c3)cc2)c1C. The lowest BCUT2D eigenvalue weighted by molar-refractivity contribution is 0.102. The summed E-state index contributed by atoms with van der Waals surface area (Å²) < 4.78 is 3.96. The number of rotatable bonds is 3. The molecule has 0 spiro atoms. The van der Waals surface area contributed by atoms with Crippen LogP contribution in [0.1, 0.15) is 27.4 Å². The molecule has 0 aliphatic heterocycles. The lowest BCUT2D eigenvalue weighted by Gasteiger charge is -2.08. The number of benzene rings is 1. The van der Waals surface area contributed by atoms with Gasteiger partial charge in [0, 0.05) is 36.0 Å². The molecule has 118 valence electrons. The van der Waals surface area contributed by atoms with Gasteiger partial charge < -0.3 is 14.5 Å². The van der Waals surface area contributed by atoms with Crippen molar-refractivity contribution < 1.29 is 4.79 Å². The van der Waals surface area contributed by atoms with Crippen LogP contribution in [0.25, 0.3) is 5.69 Å². The van der Waals surface area contributed by atoms with E-state index in [9.17, 15) is 4.79 Å². The van der Waals surface area contributed by atoms with Gasteiger partial charge in [-0.15, -0.1) is 0 Å². The minimum Gasteiger partial charge on any atom is -0.354 e. The Morgan fingerprint density at radius 3 is 2.35 bits per heavy atom. The zero-order valence-corrected chi connectivity index (χ0v) is 13.8. The average Bonchev–Trinajstić information content (AvgIpc) is 3.04. The first kappa shape index (κ1) is 15.1. The molecule has 0 saturated carbocycles.